The zero-order valence-electron chi connectivity index (χ0n) is 7.74. The van der Waals surface area contributed by atoms with E-state index in [1.165, 1.54) is 20.0 Å². The predicted octanol–water partition coefficient (Wildman–Crippen LogP) is 0.181. The minimum atomic E-state index is -0.460. The number of carbonyl (C=O) groups excluding carboxylic acids is 2. The fraction of sp³-hybridized carbons (Fsp3) is 0.250. The molecule has 2 amide bonds. The summed E-state index contributed by atoms with van der Waals surface area (Å²) in [7, 11) is 0. The molecule has 0 saturated heterocycles. The Bertz CT molecular complexity index is 401. The Morgan fingerprint density at radius 3 is 2.50 bits per heavy atom. The standard InChI is InChI=1S/C8H8N4O2/c1-5(13)12(6(2)14)8-7(3-9)4-10-11-8/h4H,1-2H3,(H,10,11). The van der Waals surface area contributed by atoms with E-state index >= 15 is 0 Å². The topological polar surface area (TPSA) is 89.8 Å². The van der Waals surface area contributed by atoms with Crippen molar-refractivity contribution < 1.29 is 9.59 Å². The second-order valence-electron chi connectivity index (χ2n) is 2.62. The number of nitriles is 1. The molecular formula is C8H8N4O2. The van der Waals surface area contributed by atoms with Crippen LogP contribution in [0.3, 0.4) is 0 Å². The SMILES string of the molecule is CC(=O)N(C(C)=O)c1[nH]ncc1C#N. The van der Waals surface area contributed by atoms with Gasteiger partial charge in [0.2, 0.25) is 11.8 Å². The molecule has 72 valence electrons. The highest BCUT2D eigenvalue weighted by molar-refractivity contribution is 6.13. The number of anilines is 1. The zero-order chi connectivity index (χ0) is 10.7. The number of hydrogen-bond donors (Lipinski definition) is 1. The maximum atomic E-state index is 11.1. The first-order valence-corrected chi connectivity index (χ1v) is 3.82. The first kappa shape index (κ1) is 9.92. The third-order valence-electron chi connectivity index (χ3n) is 1.59. The van der Waals surface area contributed by atoms with E-state index < -0.39 is 11.8 Å². The van der Waals surface area contributed by atoms with Crippen LogP contribution in [0.4, 0.5) is 5.82 Å². The number of hydrogen-bond acceptors (Lipinski definition) is 4. The number of rotatable bonds is 1. The van der Waals surface area contributed by atoms with E-state index in [1.807, 2.05) is 6.07 Å². The van der Waals surface area contributed by atoms with Crippen molar-refractivity contribution in [3.63, 3.8) is 0 Å². The van der Waals surface area contributed by atoms with Gasteiger partial charge in [-0.15, -0.1) is 0 Å². The largest absolute Gasteiger partial charge is 0.274 e. The summed E-state index contributed by atoms with van der Waals surface area (Å²) in [5.74, 6) is -0.802. The van der Waals surface area contributed by atoms with Crippen molar-refractivity contribution in [2.75, 3.05) is 4.90 Å². The molecule has 0 fully saturated rings. The van der Waals surface area contributed by atoms with Gasteiger partial charge in [-0.3, -0.25) is 14.7 Å². The second kappa shape index (κ2) is 3.70. The summed E-state index contributed by atoms with van der Waals surface area (Å²) in [4.78, 5) is 23.1. The smallest absolute Gasteiger partial charge is 0.231 e. The Morgan fingerprint density at radius 1 is 1.50 bits per heavy atom. The van der Waals surface area contributed by atoms with E-state index in [2.05, 4.69) is 10.2 Å². The quantitative estimate of drug-likeness (QED) is 0.687. The Kier molecular flexibility index (Phi) is 2.62. The molecule has 1 aromatic heterocycles. The number of nitrogens with zero attached hydrogens (tertiary/aromatic N) is 3. The van der Waals surface area contributed by atoms with Crippen molar-refractivity contribution in [1.29, 1.82) is 5.26 Å². The lowest BCUT2D eigenvalue weighted by atomic mass is 10.3. The maximum absolute atomic E-state index is 11.1. The predicted molar refractivity (Wildman–Crippen MR) is 47.1 cm³/mol. The van der Waals surface area contributed by atoms with Gasteiger partial charge >= 0.3 is 0 Å². The highest BCUT2D eigenvalue weighted by Gasteiger charge is 2.21. The van der Waals surface area contributed by atoms with Crippen molar-refractivity contribution in [2.45, 2.75) is 13.8 Å². The van der Waals surface area contributed by atoms with Crippen LogP contribution in [0.1, 0.15) is 19.4 Å². The van der Waals surface area contributed by atoms with Gasteiger partial charge < -0.3 is 0 Å². The van der Waals surface area contributed by atoms with Gasteiger partial charge in [-0.05, 0) is 0 Å². The second-order valence-corrected chi connectivity index (χ2v) is 2.62. The molecular weight excluding hydrogens is 184 g/mol. The number of carbonyl (C=O) groups is 2. The van der Waals surface area contributed by atoms with E-state index in [4.69, 9.17) is 5.26 Å². The molecule has 0 aromatic carbocycles. The van der Waals surface area contributed by atoms with Crippen molar-refractivity contribution in [3.05, 3.63) is 11.8 Å². The van der Waals surface area contributed by atoms with E-state index in [0.29, 0.717) is 0 Å². The lowest BCUT2D eigenvalue weighted by Gasteiger charge is -2.14. The number of aromatic amines is 1. The number of imide groups is 1. The summed E-state index contributed by atoms with van der Waals surface area (Å²) in [6, 6.07) is 1.83. The van der Waals surface area contributed by atoms with Gasteiger partial charge in [0.1, 0.15) is 11.6 Å². The van der Waals surface area contributed by atoms with Crippen LogP contribution >= 0.6 is 0 Å². The number of nitrogens with one attached hydrogen (secondary N) is 1. The molecule has 6 heteroatoms. The van der Waals surface area contributed by atoms with Gasteiger partial charge in [0.15, 0.2) is 5.82 Å². The van der Waals surface area contributed by atoms with Gasteiger partial charge in [0.25, 0.3) is 0 Å². The number of H-pyrrole nitrogens is 1. The Balaban J connectivity index is 3.19. The third-order valence-corrected chi connectivity index (χ3v) is 1.59. The molecule has 0 aliphatic rings. The molecule has 6 nitrogen and oxygen atoms in total. The molecule has 0 aliphatic heterocycles. The van der Waals surface area contributed by atoms with Crippen molar-refractivity contribution in [3.8, 4) is 6.07 Å². The van der Waals surface area contributed by atoms with Crippen LogP contribution in [-0.4, -0.2) is 22.0 Å². The minimum Gasteiger partial charge on any atom is -0.274 e. The molecule has 0 unspecified atom stereocenters. The Morgan fingerprint density at radius 2 is 2.07 bits per heavy atom. The molecule has 0 aliphatic carbocycles. The summed E-state index contributed by atoms with van der Waals surface area (Å²) in [6.45, 7) is 2.48. The van der Waals surface area contributed by atoms with Gasteiger partial charge in [-0.2, -0.15) is 10.4 Å². The average molecular weight is 192 g/mol. The molecule has 1 heterocycles. The number of amides is 2. The molecule has 0 saturated carbocycles. The fourth-order valence-electron chi connectivity index (χ4n) is 1.07. The monoisotopic (exact) mass is 192 g/mol. The lowest BCUT2D eigenvalue weighted by Crippen LogP contribution is -2.33. The van der Waals surface area contributed by atoms with Crippen LogP contribution in [0, 0.1) is 11.3 Å². The third kappa shape index (κ3) is 1.61. The Labute approximate surface area is 80.1 Å². The molecule has 1 rings (SSSR count). The average Bonchev–Trinajstić information content (AvgIpc) is 2.51. The highest BCUT2D eigenvalue weighted by Crippen LogP contribution is 2.15. The lowest BCUT2D eigenvalue weighted by molar-refractivity contribution is -0.124. The summed E-state index contributed by atoms with van der Waals surface area (Å²) < 4.78 is 0. The molecule has 0 atom stereocenters. The van der Waals surface area contributed by atoms with Crippen LogP contribution in [-0.2, 0) is 9.59 Å². The van der Waals surface area contributed by atoms with Gasteiger partial charge in [-0.25, -0.2) is 4.90 Å². The molecule has 0 radical (unpaired) electrons. The van der Waals surface area contributed by atoms with E-state index in [0.717, 1.165) is 4.90 Å². The Hall–Kier alpha value is -2.16. The zero-order valence-corrected chi connectivity index (χ0v) is 7.74. The van der Waals surface area contributed by atoms with E-state index in [9.17, 15) is 9.59 Å². The summed E-state index contributed by atoms with van der Waals surface area (Å²) in [5, 5.41) is 14.7. The van der Waals surface area contributed by atoms with Gasteiger partial charge in [0.05, 0.1) is 6.20 Å². The van der Waals surface area contributed by atoms with Crippen LogP contribution in [0.2, 0.25) is 0 Å². The molecule has 1 aromatic rings. The number of aromatic nitrogens is 2. The maximum Gasteiger partial charge on any atom is 0.231 e. The van der Waals surface area contributed by atoms with Crippen molar-refractivity contribution >= 4 is 17.6 Å². The molecule has 0 spiro atoms. The summed E-state index contributed by atoms with van der Waals surface area (Å²) in [6.07, 6.45) is 1.26. The van der Waals surface area contributed by atoms with Crippen molar-refractivity contribution in [2.24, 2.45) is 0 Å². The molecule has 14 heavy (non-hydrogen) atoms. The summed E-state index contributed by atoms with van der Waals surface area (Å²) >= 11 is 0. The van der Waals surface area contributed by atoms with Crippen LogP contribution in [0.15, 0.2) is 6.20 Å². The van der Waals surface area contributed by atoms with Crippen LogP contribution in [0.5, 0.6) is 0 Å². The fourth-order valence-corrected chi connectivity index (χ4v) is 1.07. The van der Waals surface area contributed by atoms with E-state index in [-0.39, 0.29) is 11.4 Å². The normalized spacial score (nSPS) is 9.21. The molecule has 1 N–H and O–H groups in total. The van der Waals surface area contributed by atoms with Crippen LogP contribution < -0.4 is 4.90 Å². The summed E-state index contributed by atoms with van der Waals surface area (Å²) in [5.41, 5.74) is 0.162. The van der Waals surface area contributed by atoms with Crippen LogP contribution in [0.25, 0.3) is 0 Å². The first-order valence-electron chi connectivity index (χ1n) is 3.82. The highest BCUT2D eigenvalue weighted by atomic mass is 16.2. The first-order chi connectivity index (χ1) is 6.57. The van der Waals surface area contributed by atoms with Gasteiger partial charge in [-0.1, -0.05) is 0 Å². The molecule has 0 bridgehead atoms. The van der Waals surface area contributed by atoms with Crippen molar-refractivity contribution in [1.82, 2.24) is 10.2 Å². The van der Waals surface area contributed by atoms with Gasteiger partial charge in [0, 0.05) is 13.8 Å². The minimum absolute atomic E-state index is 0.118. The van der Waals surface area contributed by atoms with E-state index in [1.54, 1.807) is 0 Å².